The molecule has 1 heterocycles. The van der Waals surface area contributed by atoms with E-state index >= 15 is 0 Å². The summed E-state index contributed by atoms with van der Waals surface area (Å²) in [6.45, 7) is 16.6. The zero-order valence-electron chi connectivity index (χ0n) is 28.2. The van der Waals surface area contributed by atoms with Crippen molar-refractivity contribution in [1.29, 1.82) is 0 Å². The number of unbranched alkanes of at least 4 members (excludes halogenated alkanes) is 12. The van der Waals surface area contributed by atoms with Gasteiger partial charge in [0.25, 0.3) is 0 Å². The van der Waals surface area contributed by atoms with Crippen molar-refractivity contribution >= 4 is 23.7 Å². The predicted octanol–water partition coefficient (Wildman–Crippen LogP) is 11.7. The number of nitrogens with one attached hydrogen (secondary N) is 2. The van der Waals surface area contributed by atoms with Gasteiger partial charge in [-0.3, -0.25) is 0 Å². The lowest BCUT2D eigenvalue weighted by atomic mass is 10.3. The molecule has 12 heteroatoms. The summed E-state index contributed by atoms with van der Waals surface area (Å²) < 4.78 is 45.4. The highest BCUT2D eigenvalue weighted by molar-refractivity contribution is 7.88. The van der Waals surface area contributed by atoms with Crippen molar-refractivity contribution < 1.29 is 27.1 Å². The molecule has 0 spiro atoms. The van der Waals surface area contributed by atoms with E-state index < -0.39 is 23.7 Å². The first kappa shape index (κ1) is 40.8. The smallest absolute Gasteiger partial charge is 0.308 e. The van der Waals surface area contributed by atoms with E-state index in [0.717, 1.165) is 116 Å². The Bertz CT molecular complexity index is 653. The molecule has 0 amide bonds. The van der Waals surface area contributed by atoms with Crippen LogP contribution in [0.5, 0.6) is 0 Å². The first-order valence-electron chi connectivity index (χ1n) is 17.4. The Morgan fingerprint density at radius 2 is 0.786 bits per heavy atom. The average molecular weight is 660 g/mol. The summed E-state index contributed by atoms with van der Waals surface area (Å²) >= 11 is 0. The first-order chi connectivity index (χ1) is 20.5. The molecule has 1 aliphatic heterocycles. The van der Waals surface area contributed by atoms with Crippen LogP contribution in [0.1, 0.15) is 157 Å². The molecule has 252 valence electrons. The third kappa shape index (κ3) is 17.5. The first-order valence-corrected chi connectivity index (χ1v) is 22.1. The van der Waals surface area contributed by atoms with Crippen LogP contribution in [-0.4, -0.2) is 39.6 Å². The molecule has 1 aliphatic rings. The highest BCUT2D eigenvalue weighted by Gasteiger charge is 2.70. The van der Waals surface area contributed by atoms with Crippen LogP contribution in [0.4, 0.5) is 0 Å². The second-order valence-electron chi connectivity index (χ2n) is 11.1. The molecule has 2 N–H and O–H groups in total. The number of rotatable bonds is 30. The molecule has 42 heavy (non-hydrogen) atoms. The van der Waals surface area contributed by atoms with Gasteiger partial charge in [0, 0.05) is 4.52 Å². The van der Waals surface area contributed by atoms with Gasteiger partial charge in [-0.25, -0.2) is 0 Å². The van der Waals surface area contributed by atoms with Crippen LogP contribution >= 0.6 is 23.7 Å². The van der Waals surface area contributed by atoms with E-state index in [-0.39, 0.29) is 0 Å². The standard InChI is InChI=1S/C30H68N3O6P3/c1-7-13-19-25-34-40(35-26-20-14-8-2)31-41(36-27-21-15-9-3,37-28-22-16-10-4)33-42(32-40,38-29-23-17-11-5)39-30-24-18-12-6/h31-32H,7-30H2,1-6H3/q+2. The van der Waals surface area contributed by atoms with Crippen LogP contribution in [-0.2, 0) is 27.1 Å². The molecule has 0 aliphatic carbocycles. The van der Waals surface area contributed by atoms with Crippen molar-refractivity contribution in [1.82, 2.24) is 9.72 Å². The summed E-state index contributed by atoms with van der Waals surface area (Å²) in [5, 5.41) is 0. The van der Waals surface area contributed by atoms with Crippen molar-refractivity contribution in [2.45, 2.75) is 157 Å². The Morgan fingerprint density at radius 3 is 1.14 bits per heavy atom. The average Bonchev–Trinajstić information content (AvgIpc) is 2.99. The number of hydrogen-bond donors (Lipinski definition) is 2. The monoisotopic (exact) mass is 659 g/mol. The largest absolute Gasteiger partial charge is 0.525 e. The van der Waals surface area contributed by atoms with Gasteiger partial charge < -0.3 is 9.05 Å². The maximum atomic E-state index is 6.72. The van der Waals surface area contributed by atoms with Crippen LogP contribution in [0.2, 0.25) is 0 Å². The lowest BCUT2D eigenvalue weighted by Crippen LogP contribution is -2.36. The predicted molar refractivity (Wildman–Crippen MR) is 182 cm³/mol. The van der Waals surface area contributed by atoms with Crippen LogP contribution in [0.15, 0.2) is 4.52 Å². The molecule has 0 unspecified atom stereocenters. The zero-order valence-corrected chi connectivity index (χ0v) is 30.9. The molecule has 0 aromatic heterocycles. The van der Waals surface area contributed by atoms with Crippen molar-refractivity contribution in [3.63, 3.8) is 0 Å². The molecular weight excluding hydrogens is 591 g/mol. The van der Waals surface area contributed by atoms with Gasteiger partial charge in [-0.15, -0.1) is 0 Å². The lowest BCUT2D eigenvalue weighted by molar-refractivity contribution is 0.184. The van der Waals surface area contributed by atoms with Crippen molar-refractivity contribution in [2.75, 3.05) is 39.6 Å². The summed E-state index contributed by atoms with van der Waals surface area (Å²) in [5.74, 6) is 0. The Morgan fingerprint density at radius 1 is 0.452 bits per heavy atom. The van der Waals surface area contributed by atoms with E-state index in [4.69, 9.17) is 31.7 Å². The molecule has 0 bridgehead atoms. The normalized spacial score (nSPS) is 17.4. The van der Waals surface area contributed by atoms with E-state index in [9.17, 15) is 0 Å². The fourth-order valence-electron chi connectivity index (χ4n) is 4.25. The topological polar surface area (TPSA) is 91.8 Å². The van der Waals surface area contributed by atoms with Gasteiger partial charge in [0.15, 0.2) is 0 Å². The summed E-state index contributed by atoms with van der Waals surface area (Å²) in [6, 6.07) is 0. The van der Waals surface area contributed by atoms with Crippen LogP contribution < -0.4 is 9.72 Å². The molecule has 0 aromatic carbocycles. The minimum Gasteiger partial charge on any atom is -0.308 e. The quantitative estimate of drug-likeness (QED) is 0.0581. The summed E-state index contributed by atoms with van der Waals surface area (Å²) in [7, 11) is -8.98. The Balaban J connectivity index is 3.56. The third-order valence-corrected chi connectivity index (χ3v) is 16.1. The van der Waals surface area contributed by atoms with Crippen LogP contribution in [0, 0.1) is 0 Å². The molecule has 9 nitrogen and oxygen atoms in total. The fraction of sp³-hybridized carbons (Fsp3) is 1.00. The Hall–Kier alpha value is 0.770. The fourth-order valence-corrected chi connectivity index (χ4v) is 14.9. The SMILES string of the molecule is CCCCCOP1(OCCCCC)=N[P+](OCCCCC)(OCCCCC)N[P+](OCCCCC)(OCCCCC)N1. The van der Waals surface area contributed by atoms with Gasteiger partial charge in [-0.1, -0.05) is 119 Å². The summed E-state index contributed by atoms with van der Waals surface area (Å²) in [6.07, 6.45) is 19.0. The Kier molecular flexibility index (Phi) is 25.2. The Labute approximate surface area is 261 Å². The minimum atomic E-state index is -3.02. The van der Waals surface area contributed by atoms with Gasteiger partial charge in [-0.05, 0) is 43.4 Å². The minimum absolute atomic E-state index is 0.559. The number of nitrogens with zero attached hydrogens (tertiary/aromatic N) is 1. The van der Waals surface area contributed by atoms with Gasteiger partial charge >= 0.3 is 23.7 Å². The molecule has 0 fully saturated rings. The second-order valence-corrected chi connectivity index (χ2v) is 18.2. The maximum absolute atomic E-state index is 6.72. The second kappa shape index (κ2) is 25.9. The van der Waals surface area contributed by atoms with Crippen LogP contribution in [0.25, 0.3) is 0 Å². The lowest BCUT2D eigenvalue weighted by Gasteiger charge is -2.34. The maximum Gasteiger partial charge on any atom is 0.525 e. The summed E-state index contributed by atoms with van der Waals surface area (Å²) in [4.78, 5) is 7.34. The zero-order chi connectivity index (χ0) is 30.8. The molecule has 0 atom stereocenters. The molecular formula is C30H68N3O6P3+2. The van der Waals surface area contributed by atoms with Crippen molar-refractivity contribution in [3.05, 3.63) is 0 Å². The molecule has 0 radical (unpaired) electrons. The summed E-state index contributed by atoms with van der Waals surface area (Å²) in [5.41, 5.74) is 0. The van der Waals surface area contributed by atoms with Gasteiger partial charge in [-0.2, -0.15) is 18.1 Å². The van der Waals surface area contributed by atoms with E-state index in [1.165, 1.54) is 0 Å². The van der Waals surface area contributed by atoms with Gasteiger partial charge in [0.05, 0.1) is 44.5 Å². The molecule has 1 rings (SSSR count). The van der Waals surface area contributed by atoms with Crippen molar-refractivity contribution in [2.24, 2.45) is 4.52 Å². The van der Waals surface area contributed by atoms with E-state index in [2.05, 4.69) is 51.3 Å². The third-order valence-electron chi connectivity index (χ3n) is 6.85. The molecule has 0 aromatic rings. The van der Waals surface area contributed by atoms with Gasteiger partial charge in [0.2, 0.25) is 0 Å². The van der Waals surface area contributed by atoms with E-state index in [0.29, 0.717) is 39.6 Å². The van der Waals surface area contributed by atoms with Crippen molar-refractivity contribution in [3.8, 4) is 0 Å². The number of hydrogen-bond acceptors (Lipinski definition) is 9. The molecule has 0 saturated carbocycles. The highest BCUT2D eigenvalue weighted by atomic mass is 31.3. The van der Waals surface area contributed by atoms with Crippen LogP contribution in [0.3, 0.4) is 0 Å². The highest BCUT2D eigenvalue weighted by Crippen LogP contribution is 2.82. The van der Waals surface area contributed by atoms with E-state index in [1.54, 1.807) is 0 Å². The van der Waals surface area contributed by atoms with Gasteiger partial charge in [0.1, 0.15) is 0 Å². The van der Waals surface area contributed by atoms with E-state index in [1.807, 2.05) is 0 Å². The molecule has 0 saturated heterocycles.